The number of imidazole rings is 1. The summed E-state index contributed by atoms with van der Waals surface area (Å²) < 4.78 is 1.18. The lowest BCUT2D eigenvalue weighted by atomic mass is 9.90. The van der Waals surface area contributed by atoms with Crippen LogP contribution < -0.4 is 59.3 Å². The lowest BCUT2D eigenvalue weighted by molar-refractivity contribution is -0.147. The van der Waals surface area contributed by atoms with E-state index in [4.69, 9.17) is 11.5 Å². The fraction of sp³-hybridized carbons (Fsp3) is 0.495. The number of unbranched alkanes of at least 4 members (excludes halogenated alkanes) is 2. The number of aromatic hydroxyl groups is 1. The van der Waals surface area contributed by atoms with Crippen LogP contribution in [0, 0.1) is 5.92 Å². The van der Waals surface area contributed by atoms with Crippen LogP contribution in [0.3, 0.4) is 0 Å². The number of hydrogen-bond donors (Lipinski definition) is 18. The number of aliphatic carboxylic acids is 2. The van der Waals surface area contributed by atoms with Crippen molar-refractivity contribution in [2.75, 3.05) is 51.8 Å². The number of amides is 15. The zero-order valence-corrected chi connectivity index (χ0v) is 77.2. The smallest absolute Gasteiger partial charge is 0.305 e. The van der Waals surface area contributed by atoms with Gasteiger partial charge in [0, 0.05) is 113 Å². The molecule has 3 aromatic heterocycles. The Kier molecular flexibility index (Phi) is 38.1. The van der Waals surface area contributed by atoms with Gasteiger partial charge in [0.1, 0.15) is 72.2 Å². The number of aliphatic hydroxyl groups is 2. The number of hydrogen-bond acceptors (Lipinski definition) is 26. The van der Waals surface area contributed by atoms with Crippen molar-refractivity contribution in [1.82, 2.24) is 103 Å². The second-order valence-electron chi connectivity index (χ2n) is 34.3. The first-order chi connectivity index (χ1) is 65.4. The summed E-state index contributed by atoms with van der Waals surface area (Å²) in [4.78, 5) is 274. The Balaban J connectivity index is 1.04. The van der Waals surface area contributed by atoms with Crippen LogP contribution in [-0.4, -0.2) is 311 Å². The molecule has 20 N–H and O–H groups in total. The van der Waals surface area contributed by atoms with E-state index < -0.39 is 279 Å². The summed E-state index contributed by atoms with van der Waals surface area (Å²) in [7, 11) is 2.48. The SMILES string of the molecule is CCCC[C@H]1C(=O)N[C@@H](CCC(=O)O)C(=O)N[C@H](C(=O)NCC(N)=O)CSCC(=O)N[C@@H](Cc2ccc(O)cc2)C(=O)N(C)[C@@H](C)C(=O)N[C@@H](CC(=O)O)C(=O)N2CCC[C@H]2C(=O)N[C@@H](Cc2cnc[nH]2)C(=O)N[C@@H](CCC(N)=O)C(=O)N2C[C@H](O)C[C@H]2C(=O)C[C@@H](Cc2c[nH]c3ccccc23)C(=O)N[C@@H](CO)C(=O)N[C@@H](Cc2cccc3ccccc23)c2nnnn2[C@@H](CCCC)C(=O)N1C. The number of carbonyl (C=O) groups is 18. The van der Waals surface area contributed by atoms with E-state index in [0.29, 0.717) is 64.0 Å². The van der Waals surface area contributed by atoms with Gasteiger partial charge in [-0.25, -0.2) is 9.67 Å². The van der Waals surface area contributed by atoms with Crippen molar-refractivity contribution >= 4 is 140 Å². The van der Waals surface area contributed by atoms with E-state index in [1.54, 1.807) is 55.6 Å². The van der Waals surface area contributed by atoms with Gasteiger partial charge in [-0.3, -0.25) is 86.3 Å². The number of aromatic nitrogens is 7. The Morgan fingerprint density at radius 3 is 1.91 bits per heavy atom. The Morgan fingerprint density at radius 2 is 1.22 bits per heavy atom. The number of ketones is 1. The van der Waals surface area contributed by atoms with Crippen molar-refractivity contribution in [3.05, 3.63) is 138 Å². The number of phenols is 1. The summed E-state index contributed by atoms with van der Waals surface area (Å²) in [6.07, 6.45) is -1.62. The van der Waals surface area contributed by atoms with Crippen molar-refractivity contribution in [3.8, 4) is 5.75 Å². The van der Waals surface area contributed by atoms with Crippen molar-refractivity contribution in [2.24, 2.45) is 17.4 Å². The largest absolute Gasteiger partial charge is 0.508 e. The third-order valence-corrected chi connectivity index (χ3v) is 25.5. The maximum atomic E-state index is 15.8. The number of H-pyrrole nitrogens is 2. The fourth-order valence-corrected chi connectivity index (χ4v) is 17.8. The molecule has 10 rings (SSSR count). The molecule has 3 aliphatic rings. The maximum absolute atomic E-state index is 15.8. The van der Waals surface area contributed by atoms with Crippen molar-refractivity contribution in [1.29, 1.82) is 0 Å². The molecule has 0 saturated carbocycles. The second kappa shape index (κ2) is 49.8. The number of aromatic amines is 2. The topological polar surface area (TPSA) is 670 Å². The normalized spacial score (nSPS) is 24.3. The third-order valence-electron chi connectivity index (χ3n) is 24.4. The summed E-state index contributed by atoms with van der Waals surface area (Å²) >= 11 is 0.695. The molecule has 15 amide bonds. The number of aliphatic hydroxyl groups excluding tert-OH is 2. The highest BCUT2D eigenvalue weighted by Crippen LogP contribution is 2.32. The number of phenolic OH excluding ortho intramolecular Hbond substituents is 1. The molecule has 0 unspecified atom stereocenters. The van der Waals surface area contributed by atoms with Crippen LogP contribution in [0.5, 0.6) is 5.75 Å². The van der Waals surface area contributed by atoms with Crippen LogP contribution >= 0.6 is 11.8 Å². The van der Waals surface area contributed by atoms with E-state index in [1.165, 1.54) is 55.4 Å². The number of carboxylic acids is 2. The molecule has 3 aliphatic heterocycles. The average Bonchev–Trinajstić information content (AvgIpc) is 1.69. The monoisotopic (exact) mass is 1920 g/mol. The minimum absolute atomic E-state index is 0.0193. The van der Waals surface area contributed by atoms with E-state index in [2.05, 4.69) is 78.3 Å². The standard InChI is InChI=1S/C91H118N22O23S/c1-6-8-22-69-86(131)99-61(30-32-77(121)122)83(128)105-68(82(127)96-43-75(93)119)46-137-47-76(120)98-65(34-50-25-27-56(115)28-26-50)88(133)109(4)49(3)80(125)103-66(40-78(123)124)90(135)111-33-15-24-70(111)87(132)102-64(38-55-42-94-48-97-55)84(129)100-62(29-31-74(92)118)89(134)112-44-57(116)39-72(112)73(117)37-53(35-54-41-95-60-21-13-12-20-59(54)60)81(126)104-67(45-114)85(130)101-63(36-52-18-14-17-51-16-10-11-19-58(51)52)79-106-107-108-113(79)71(23-9-7-2)91(136)110(69)5/h10-14,16-21,25-28,41-42,48-49,53,57,61-72,95,114-116H,6-9,15,22-24,29-40,43-47H2,1-5H3,(H2,92,118)(H2,93,119)(H,94,97)(H,96,127)(H,98,120)(H,99,131)(H,100,129)(H,101,130)(H,102,132)(H,103,125)(H,104,126)(H,105,128)(H,121,122)(H,123,124)/t49-,53+,57+,61-,62-,63-,64-,65-,66-,67-,68-,69-,70-,71-,72-/m0/s1. The first-order valence-electron chi connectivity index (χ1n) is 45.2. The molecule has 15 atom stereocenters. The van der Waals surface area contributed by atoms with Crippen LogP contribution in [-0.2, 0) is 112 Å². The molecule has 2 fully saturated rings. The first kappa shape index (κ1) is 105. The second-order valence-corrected chi connectivity index (χ2v) is 35.4. The Bertz CT molecular complexity index is 5520. The number of carbonyl (C=O) groups excluding carboxylic acids is 16. The number of likely N-dealkylation sites (N-methyl/N-ethyl adjacent to an activating group) is 2. The number of carboxylic acid groups (broad SMARTS) is 2. The summed E-state index contributed by atoms with van der Waals surface area (Å²) in [5, 5.41) is 91.5. The molecular weight excluding hydrogens is 1800 g/mol. The molecule has 45 nitrogen and oxygen atoms in total. The number of nitrogens with zero attached hydrogens (tertiary/aromatic N) is 9. The predicted octanol–water partition coefficient (Wildman–Crippen LogP) is -1.67. The number of Topliss-reactive ketones (excluding diaryl/α,β-unsaturated/α-hetero) is 1. The minimum Gasteiger partial charge on any atom is -0.508 e. The number of thioether (sulfide) groups is 1. The van der Waals surface area contributed by atoms with Crippen molar-refractivity contribution < 1.29 is 112 Å². The summed E-state index contributed by atoms with van der Waals surface area (Å²) in [5.74, 6) is -21.9. The first-order valence-corrected chi connectivity index (χ1v) is 46.4. The quantitative estimate of drug-likeness (QED) is 0.0288. The summed E-state index contributed by atoms with van der Waals surface area (Å²) in [6.45, 7) is 2.24. The van der Waals surface area contributed by atoms with Crippen LogP contribution in [0.15, 0.2) is 110 Å². The fourth-order valence-electron chi connectivity index (χ4n) is 16.9. The Labute approximate surface area is 790 Å². The van der Waals surface area contributed by atoms with Gasteiger partial charge in [0.05, 0.1) is 49.8 Å². The van der Waals surface area contributed by atoms with Gasteiger partial charge in [0.15, 0.2) is 11.6 Å². The molecule has 2 saturated heterocycles. The number of para-hydroxylation sites is 1. The molecule has 0 bridgehead atoms. The van der Waals surface area contributed by atoms with Gasteiger partial charge in [-0.15, -0.1) is 16.9 Å². The Hall–Kier alpha value is -14.3. The van der Waals surface area contributed by atoms with E-state index in [0.717, 1.165) is 32.0 Å². The molecule has 137 heavy (non-hydrogen) atoms. The third kappa shape index (κ3) is 28.6. The lowest BCUT2D eigenvalue weighted by Gasteiger charge is -2.32. The molecule has 7 aromatic rings. The molecule has 0 radical (unpaired) electrons. The molecule has 46 heteroatoms. The van der Waals surface area contributed by atoms with Crippen LogP contribution in [0.25, 0.3) is 21.7 Å². The number of nitrogens with one attached hydrogen (secondary N) is 11. The van der Waals surface area contributed by atoms with E-state index in [-0.39, 0.29) is 75.2 Å². The van der Waals surface area contributed by atoms with Crippen molar-refractivity contribution in [2.45, 2.75) is 227 Å². The number of nitrogens with two attached hydrogens (primary N) is 2. The highest BCUT2D eigenvalue weighted by Gasteiger charge is 2.47. The number of tetrazole rings is 1. The van der Waals surface area contributed by atoms with E-state index >= 15 is 33.6 Å². The van der Waals surface area contributed by atoms with Crippen LogP contribution in [0.4, 0.5) is 0 Å². The molecule has 0 spiro atoms. The van der Waals surface area contributed by atoms with Gasteiger partial charge < -0.3 is 114 Å². The molecule has 4 aromatic carbocycles. The van der Waals surface area contributed by atoms with Crippen LogP contribution in [0.2, 0.25) is 0 Å². The summed E-state index contributed by atoms with van der Waals surface area (Å²) in [5.41, 5.74) is 13.4. The number of benzene rings is 4. The number of fused-ring (bicyclic) bond motifs is 5. The van der Waals surface area contributed by atoms with Crippen LogP contribution in [0.1, 0.15) is 157 Å². The highest BCUT2D eigenvalue weighted by atomic mass is 32.2. The molecule has 736 valence electrons. The average molecular weight is 1920 g/mol. The van der Waals surface area contributed by atoms with Gasteiger partial charge in [-0.05, 0) is 108 Å². The molecular formula is C91H118N22O23S. The Morgan fingerprint density at radius 1 is 0.577 bits per heavy atom. The number of primary amides is 2. The predicted molar refractivity (Wildman–Crippen MR) is 491 cm³/mol. The van der Waals surface area contributed by atoms with Crippen molar-refractivity contribution in [3.63, 3.8) is 0 Å². The van der Waals surface area contributed by atoms with E-state index in [9.17, 15) is 78.3 Å². The van der Waals surface area contributed by atoms with Gasteiger partial charge >= 0.3 is 11.9 Å². The summed E-state index contributed by atoms with van der Waals surface area (Å²) in [6, 6.07) is 3.88. The van der Waals surface area contributed by atoms with Gasteiger partial charge in [-0.1, -0.05) is 112 Å². The van der Waals surface area contributed by atoms with E-state index in [1.807, 2.05) is 31.2 Å². The highest BCUT2D eigenvalue weighted by molar-refractivity contribution is 8.00. The van der Waals surface area contributed by atoms with Gasteiger partial charge in [0.25, 0.3) is 0 Å². The molecule has 6 heterocycles. The zero-order valence-electron chi connectivity index (χ0n) is 76.4. The van der Waals surface area contributed by atoms with Gasteiger partial charge in [-0.2, -0.15) is 0 Å². The number of rotatable bonds is 26. The maximum Gasteiger partial charge on any atom is 0.305 e. The zero-order chi connectivity index (χ0) is 99.4. The molecule has 0 aliphatic carbocycles. The minimum atomic E-state index is -1.95. The van der Waals surface area contributed by atoms with Gasteiger partial charge in [0.2, 0.25) is 88.6 Å². The lowest BCUT2D eigenvalue weighted by Crippen LogP contribution is -2.60.